The first-order chi connectivity index (χ1) is 13.1. The lowest BCUT2D eigenvalue weighted by Crippen LogP contribution is -2.11. The van der Waals surface area contributed by atoms with Crippen molar-refractivity contribution >= 4 is 33.7 Å². The fraction of sp³-hybridized carbons (Fsp3) is 0.0526. The molecule has 5 nitrogen and oxygen atoms in total. The first-order valence-electron chi connectivity index (χ1n) is 8.01. The summed E-state index contributed by atoms with van der Waals surface area (Å²) in [6.07, 6.45) is 3.42. The van der Waals surface area contributed by atoms with Gasteiger partial charge in [-0.05, 0) is 43.3 Å². The van der Waals surface area contributed by atoms with E-state index >= 15 is 0 Å². The lowest BCUT2D eigenvalue weighted by molar-refractivity contribution is 0.103. The number of benzene rings is 1. The first kappa shape index (κ1) is 17.4. The maximum Gasteiger partial charge on any atom is 0.269 e. The van der Waals surface area contributed by atoms with Gasteiger partial charge in [0.15, 0.2) is 5.13 Å². The first-order valence-corrected chi connectivity index (χ1v) is 9.70. The Labute approximate surface area is 162 Å². The summed E-state index contributed by atoms with van der Waals surface area (Å²) in [6, 6.07) is 9.80. The van der Waals surface area contributed by atoms with Crippen molar-refractivity contribution in [1.29, 1.82) is 0 Å². The number of halogens is 1. The van der Waals surface area contributed by atoms with Crippen molar-refractivity contribution in [2.75, 3.05) is 5.32 Å². The molecule has 8 heteroatoms. The van der Waals surface area contributed by atoms with Crippen molar-refractivity contribution in [3.8, 4) is 21.8 Å². The fourth-order valence-electron chi connectivity index (χ4n) is 2.45. The third kappa shape index (κ3) is 3.76. The van der Waals surface area contributed by atoms with Crippen LogP contribution in [0.25, 0.3) is 21.8 Å². The topological polar surface area (TPSA) is 67.8 Å². The van der Waals surface area contributed by atoms with Crippen LogP contribution in [0.15, 0.2) is 54.2 Å². The van der Waals surface area contributed by atoms with Crippen molar-refractivity contribution < 1.29 is 9.18 Å². The van der Waals surface area contributed by atoms with Crippen LogP contribution in [0.4, 0.5) is 9.52 Å². The Balaban J connectivity index is 1.54. The van der Waals surface area contributed by atoms with Gasteiger partial charge in [-0.25, -0.2) is 14.4 Å². The Hall–Kier alpha value is -2.97. The van der Waals surface area contributed by atoms with Crippen LogP contribution < -0.4 is 5.32 Å². The van der Waals surface area contributed by atoms with Gasteiger partial charge in [0.25, 0.3) is 5.91 Å². The maximum absolute atomic E-state index is 13.1. The van der Waals surface area contributed by atoms with Gasteiger partial charge in [0.1, 0.15) is 15.7 Å². The summed E-state index contributed by atoms with van der Waals surface area (Å²) in [4.78, 5) is 26.1. The Morgan fingerprint density at radius 1 is 1.11 bits per heavy atom. The Kier molecular flexibility index (Phi) is 4.74. The van der Waals surface area contributed by atoms with Gasteiger partial charge in [0, 0.05) is 28.9 Å². The molecule has 0 aliphatic heterocycles. The minimum Gasteiger partial charge on any atom is -0.297 e. The van der Waals surface area contributed by atoms with E-state index in [1.54, 1.807) is 31.5 Å². The van der Waals surface area contributed by atoms with Crippen LogP contribution in [0, 0.1) is 12.7 Å². The highest BCUT2D eigenvalue weighted by Gasteiger charge is 2.18. The zero-order valence-corrected chi connectivity index (χ0v) is 15.8. The second-order valence-electron chi connectivity index (χ2n) is 5.67. The van der Waals surface area contributed by atoms with E-state index in [9.17, 15) is 9.18 Å². The van der Waals surface area contributed by atoms with Crippen LogP contribution in [-0.2, 0) is 0 Å². The van der Waals surface area contributed by atoms with Gasteiger partial charge >= 0.3 is 0 Å². The molecule has 0 saturated heterocycles. The largest absolute Gasteiger partial charge is 0.297 e. The summed E-state index contributed by atoms with van der Waals surface area (Å²) < 4.78 is 13.1. The summed E-state index contributed by atoms with van der Waals surface area (Å²) in [5, 5.41) is 5.88. The number of nitrogens with zero attached hydrogens (tertiary/aromatic N) is 3. The van der Waals surface area contributed by atoms with Gasteiger partial charge in [-0.1, -0.05) is 0 Å². The second-order valence-corrected chi connectivity index (χ2v) is 7.53. The standard InChI is InChI=1S/C19H13FN4OS2/c1-11-16(27-18(22-11)12-4-6-14(20)7-5-12)17(25)24-19-23-15(10-26-19)13-3-2-8-21-9-13/h2-10H,1H3,(H,23,24,25). The molecule has 1 aromatic carbocycles. The van der Waals surface area contributed by atoms with Crippen molar-refractivity contribution in [2.24, 2.45) is 0 Å². The fourth-order valence-corrected chi connectivity index (χ4v) is 4.14. The summed E-state index contributed by atoms with van der Waals surface area (Å²) in [6.45, 7) is 1.78. The van der Waals surface area contributed by atoms with Crippen LogP contribution in [0.1, 0.15) is 15.4 Å². The normalized spacial score (nSPS) is 10.7. The number of thiazole rings is 2. The number of aryl methyl sites for hydroxylation is 1. The van der Waals surface area contributed by atoms with Crippen molar-refractivity contribution in [3.63, 3.8) is 0 Å². The molecule has 0 saturated carbocycles. The minimum absolute atomic E-state index is 0.259. The number of anilines is 1. The molecular weight excluding hydrogens is 383 g/mol. The molecule has 1 N–H and O–H groups in total. The quantitative estimate of drug-likeness (QED) is 0.525. The average molecular weight is 396 g/mol. The Morgan fingerprint density at radius 2 is 1.93 bits per heavy atom. The molecule has 27 heavy (non-hydrogen) atoms. The number of carbonyl (C=O) groups is 1. The van der Waals surface area contributed by atoms with E-state index in [1.165, 1.54) is 34.8 Å². The number of hydrogen-bond acceptors (Lipinski definition) is 6. The molecule has 0 bridgehead atoms. The van der Waals surface area contributed by atoms with E-state index < -0.39 is 0 Å². The highest BCUT2D eigenvalue weighted by molar-refractivity contribution is 7.17. The van der Waals surface area contributed by atoms with Crippen molar-refractivity contribution in [1.82, 2.24) is 15.0 Å². The number of pyridine rings is 1. The van der Waals surface area contributed by atoms with Gasteiger partial charge < -0.3 is 0 Å². The molecule has 0 atom stereocenters. The number of carbonyl (C=O) groups excluding carboxylic acids is 1. The molecule has 0 aliphatic rings. The zero-order chi connectivity index (χ0) is 18.8. The van der Waals surface area contributed by atoms with E-state index in [0.717, 1.165) is 16.8 Å². The monoisotopic (exact) mass is 396 g/mol. The SMILES string of the molecule is Cc1nc(-c2ccc(F)cc2)sc1C(=O)Nc1nc(-c2cccnc2)cs1. The minimum atomic E-state index is -0.307. The van der Waals surface area contributed by atoms with Gasteiger partial charge in [-0.3, -0.25) is 15.1 Å². The number of hydrogen-bond donors (Lipinski definition) is 1. The highest BCUT2D eigenvalue weighted by atomic mass is 32.1. The lowest BCUT2D eigenvalue weighted by Gasteiger charge is -1.99. The van der Waals surface area contributed by atoms with Gasteiger partial charge in [0.05, 0.1) is 11.4 Å². The molecule has 0 aliphatic carbocycles. The molecule has 3 aromatic heterocycles. The number of nitrogens with one attached hydrogen (secondary N) is 1. The summed E-state index contributed by atoms with van der Waals surface area (Å²) in [5.74, 6) is -0.566. The summed E-state index contributed by atoms with van der Waals surface area (Å²) in [5.41, 5.74) is 3.05. The smallest absolute Gasteiger partial charge is 0.269 e. The van der Waals surface area contributed by atoms with Gasteiger partial charge in [-0.15, -0.1) is 22.7 Å². The predicted octanol–water partition coefficient (Wildman–Crippen LogP) is 5.03. The molecule has 1 amide bonds. The molecule has 4 aromatic rings. The van der Waals surface area contributed by atoms with Crippen LogP contribution in [0.3, 0.4) is 0 Å². The summed E-state index contributed by atoms with van der Waals surface area (Å²) >= 11 is 2.62. The van der Waals surface area contributed by atoms with Crippen molar-refractivity contribution in [3.05, 3.63) is 70.6 Å². The summed E-state index contributed by atoms with van der Waals surface area (Å²) in [7, 11) is 0. The van der Waals surface area contributed by atoms with E-state index in [1.807, 2.05) is 17.5 Å². The molecular formula is C19H13FN4OS2. The van der Waals surface area contributed by atoms with E-state index in [4.69, 9.17) is 0 Å². The van der Waals surface area contributed by atoms with Crippen molar-refractivity contribution in [2.45, 2.75) is 6.92 Å². The molecule has 4 rings (SSSR count). The molecule has 0 radical (unpaired) electrons. The number of rotatable bonds is 4. The third-order valence-corrected chi connectivity index (χ3v) is 5.74. The highest BCUT2D eigenvalue weighted by Crippen LogP contribution is 2.30. The maximum atomic E-state index is 13.1. The number of aromatic nitrogens is 3. The Morgan fingerprint density at radius 3 is 2.67 bits per heavy atom. The second kappa shape index (κ2) is 7.34. The lowest BCUT2D eigenvalue weighted by atomic mass is 10.2. The van der Waals surface area contributed by atoms with E-state index in [2.05, 4.69) is 20.3 Å². The van der Waals surface area contributed by atoms with Gasteiger partial charge in [-0.2, -0.15) is 0 Å². The van der Waals surface area contributed by atoms with E-state index in [0.29, 0.717) is 20.7 Å². The van der Waals surface area contributed by atoms with Crippen LogP contribution in [0.5, 0.6) is 0 Å². The van der Waals surface area contributed by atoms with Gasteiger partial charge in [0.2, 0.25) is 0 Å². The molecule has 134 valence electrons. The molecule has 0 spiro atoms. The van der Waals surface area contributed by atoms with Crippen LogP contribution in [0.2, 0.25) is 0 Å². The molecule has 0 unspecified atom stereocenters. The average Bonchev–Trinajstić information content (AvgIpc) is 3.30. The van der Waals surface area contributed by atoms with Crippen LogP contribution >= 0.6 is 22.7 Å². The predicted molar refractivity (Wildman–Crippen MR) is 106 cm³/mol. The van der Waals surface area contributed by atoms with Crippen LogP contribution in [-0.4, -0.2) is 20.9 Å². The molecule has 0 fully saturated rings. The van der Waals surface area contributed by atoms with E-state index in [-0.39, 0.29) is 11.7 Å². The zero-order valence-electron chi connectivity index (χ0n) is 14.1. The molecule has 3 heterocycles. The Bertz CT molecular complexity index is 1090. The third-order valence-electron chi connectivity index (χ3n) is 3.78. The number of amides is 1.